The lowest BCUT2D eigenvalue weighted by Crippen LogP contribution is -2.16. The summed E-state index contributed by atoms with van der Waals surface area (Å²) in [6.07, 6.45) is 5.48. The predicted molar refractivity (Wildman–Crippen MR) is 111 cm³/mol. The van der Waals surface area contributed by atoms with Gasteiger partial charge in [-0.15, -0.1) is 0 Å². The Balaban J connectivity index is 0.00000123. The number of aromatic nitrogens is 1. The second-order valence-corrected chi connectivity index (χ2v) is 4.95. The van der Waals surface area contributed by atoms with E-state index >= 15 is 0 Å². The van der Waals surface area contributed by atoms with Crippen LogP contribution in [0.25, 0.3) is 23.1 Å². The molecule has 2 aromatic rings. The van der Waals surface area contributed by atoms with Crippen molar-refractivity contribution in [3.63, 3.8) is 0 Å². The molecule has 0 radical (unpaired) electrons. The Morgan fingerprint density at radius 2 is 1.62 bits per heavy atom. The highest BCUT2D eigenvalue weighted by atomic mass is 16.1. The van der Waals surface area contributed by atoms with E-state index in [2.05, 4.69) is 37.6 Å². The summed E-state index contributed by atoms with van der Waals surface area (Å²) >= 11 is 0. The topological polar surface area (TPSA) is 22.0 Å². The van der Waals surface area contributed by atoms with Crippen LogP contribution in [0, 0.1) is 0 Å². The Labute approximate surface area is 146 Å². The van der Waals surface area contributed by atoms with Crippen molar-refractivity contribution in [1.29, 1.82) is 0 Å². The summed E-state index contributed by atoms with van der Waals surface area (Å²) in [5.41, 5.74) is 3.61. The average molecular weight is 325 g/mol. The molecule has 2 heteroatoms. The van der Waals surface area contributed by atoms with Crippen molar-refractivity contribution >= 4 is 23.1 Å². The van der Waals surface area contributed by atoms with Gasteiger partial charge in [0, 0.05) is 17.5 Å². The molecule has 0 spiro atoms. The van der Waals surface area contributed by atoms with Gasteiger partial charge in [-0.3, -0.25) is 4.79 Å². The summed E-state index contributed by atoms with van der Waals surface area (Å²) in [7, 11) is 0. The lowest BCUT2D eigenvalue weighted by molar-refractivity contribution is 0.832. The first kappa shape index (κ1) is 21.7. The number of para-hydroxylation sites is 1. The van der Waals surface area contributed by atoms with Gasteiger partial charge in [-0.05, 0) is 32.1 Å². The Hall–Kier alpha value is -2.35. The summed E-state index contributed by atoms with van der Waals surface area (Å²) in [6.45, 7) is 20.5. The molecule has 0 aliphatic rings. The van der Waals surface area contributed by atoms with Crippen LogP contribution in [0.5, 0.6) is 0 Å². The van der Waals surface area contributed by atoms with E-state index in [1.165, 1.54) is 5.57 Å². The molecular formula is C22H31NO. The molecule has 0 saturated carbocycles. The van der Waals surface area contributed by atoms with Crippen molar-refractivity contribution < 1.29 is 0 Å². The Bertz CT molecular complexity index is 759. The van der Waals surface area contributed by atoms with Gasteiger partial charge in [0.05, 0.1) is 11.2 Å². The second kappa shape index (κ2) is 11.2. The maximum absolute atomic E-state index is 12.5. The normalized spacial score (nSPS) is 9.08. The minimum atomic E-state index is 0.0129. The van der Waals surface area contributed by atoms with Gasteiger partial charge in [0.2, 0.25) is 0 Å². The Morgan fingerprint density at radius 1 is 1.04 bits per heavy atom. The molecular weight excluding hydrogens is 294 g/mol. The summed E-state index contributed by atoms with van der Waals surface area (Å²) in [6, 6.07) is 7.66. The summed E-state index contributed by atoms with van der Waals surface area (Å²) in [5.74, 6) is 0. The first-order chi connectivity index (χ1) is 11.6. The maximum Gasteiger partial charge on any atom is 0.197 e. The number of fused-ring (bicyclic) bond motifs is 1. The predicted octanol–water partition coefficient (Wildman–Crippen LogP) is 6.31. The monoisotopic (exact) mass is 325 g/mol. The van der Waals surface area contributed by atoms with Crippen molar-refractivity contribution in [2.45, 2.75) is 48.1 Å². The van der Waals surface area contributed by atoms with Gasteiger partial charge in [0.15, 0.2) is 5.43 Å². The number of rotatable bonds is 4. The van der Waals surface area contributed by atoms with E-state index in [0.717, 1.165) is 16.6 Å². The highest BCUT2D eigenvalue weighted by Gasteiger charge is 2.11. The van der Waals surface area contributed by atoms with Crippen LogP contribution in [-0.2, 0) is 6.54 Å². The third-order valence-electron chi connectivity index (χ3n) is 3.33. The van der Waals surface area contributed by atoms with Gasteiger partial charge in [-0.2, -0.15) is 0 Å². The van der Waals surface area contributed by atoms with E-state index in [1.54, 1.807) is 12.2 Å². The zero-order chi connectivity index (χ0) is 18.7. The van der Waals surface area contributed by atoms with Crippen LogP contribution in [0.2, 0.25) is 0 Å². The van der Waals surface area contributed by atoms with E-state index in [0.29, 0.717) is 12.1 Å². The molecule has 0 aliphatic heterocycles. The molecule has 0 bridgehead atoms. The zero-order valence-corrected chi connectivity index (χ0v) is 16.0. The van der Waals surface area contributed by atoms with Crippen LogP contribution >= 0.6 is 0 Å². The van der Waals surface area contributed by atoms with Crippen LogP contribution in [-0.4, -0.2) is 4.57 Å². The van der Waals surface area contributed by atoms with E-state index in [9.17, 15) is 4.79 Å². The zero-order valence-electron chi connectivity index (χ0n) is 16.0. The molecule has 0 amide bonds. The summed E-state index contributed by atoms with van der Waals surface area (Å²) < 4.78 is 2.10. The minimum Gasteiger partial charge on any atom is -0.336 e. The number of hydrogen-bond acceptors (Lipinski definition) is 1. The smallest absolute Gasteiger partial charge is 0.197 e. The molecule has 1 aromatic heterocycles. The Kier molecular flexibility index (Phi) is 10.1. The molecule has 2 rings (SSSR count). The molecule has 1 heterocycles. The van der Waals surface area contributed by atoms with Crippen LogP contribution in [0.4, 0.5) is 0 Å². The fraction of sp³-hybridized carbons (Fsp3) is 0.318. The van der Waals surface area contributed by atoms with E-state index in [1.807, 2.05) is 52.0 Å². The largest absolute Gasteiger partial charge is 0.336 e. The van der Waals surface area contributed by atoms with Crippen LogP contribution in [0.1, 0.15) is 52.8 Å². The quantitative estimate of drug-likeness (QED) is 0.604. The van der Waals surface area contributed by atoms with Crippen molar-refractivity contribution in [3.8, 4) is 0 Å². The lowest BCUT2D eigenvalue weighted by atomic mass is 10.1. The van der Waals surface area contributed by atoms with Gasteiger partial charge in [-0.25, -0.2) is 0 Å². The SMILES string of the molecule is C=Cc1c(C=C)n(CC=C(C)C)c2ccccc2c1=O.CC.CC. The van der Waals surface area contributed by atoms with Gasteiger partial charge in [-0.1, -0.05) is 70.7 Å². The number of hydrogen-bond donors (Lipinski definition) is 0. The number of nitrogens with zero attached hydrogens (tertiary/aromatic N) is 1. The third-order valence-corrected chi connectivity index (χ3v) is 3.33. The molecule has 0 saturated heterocycles. The first-order valence-corrected chi connectivity index (χ1v) is 8.64. The number of allylic oxidation sites excluding steroid dienone is 2. The highest BCUT2D eigenvalue weighted by molar-refractivity contribution is 5.84. The maximum atomic E-state index is 12.5. The van der Waals surface area contributed by atoms with Crippen molar-refractivity contribution in [1.82, 2.24) is 4.57 Å². The standard InChI is InChI=1S/C18H19NO.2C2H6/c1-5-14-16(6-2)19(12-11-13(3)4)17-10-8-7-9-15(17)18(14)20;2*1-2/h5-11H,1-2,12H2,3-4H3;2*1-2H3. The molecule has 2 nitrogen and oxygen atoms in total. The van der Waals surface area contributed by atoms with Gasteiger partial charge >= 0.3 is 0 Å². The van der Waals surface area contributed by atoms with Crippen LogP contribution in [0.3, 0.4) is 0 Å². The molecule has 24 heavy (non-hydrogen) atoms. The van der Waals surface area contributed by atoms with E-state index in [4.69, 9.17) is 0 Å². The van der Waals surface area contributed by atoms with Gasteiger partial charge < -0.3 is 4.57 Å². The fourth-order valence-corrected chi connectivity index (χ4v) is 2.33. The second-order valence-electron chi connectivity index (χ2n) is 4.95. The molecule has 130 valence electrons. The van der Waals surface area contributed by atoms with Crippen molar-refractivity contribution in [2.75, 3.05) is 0 Å². The van der Waals surface area contributed by atoms with E-state index in [-0.39, 0.29) is 5.43 Å². The van der Waals surface area contributed by atoms with Gasteiger partial charge in [0.1, 0.15) is 0 Å². The summed E-state index contributed by atoms with van der Waals surface area (Å²) in [5, 5.41) is 0.718. The first-order valence-electron chi connectivity index (χ1n) is 8.64. The average Bonchev–Trinajstić information content (AvgIpc) is 2.63. The molecule has 0 unspecified atom stereocenters. The van der Waals surface area contributed by atoms with Crippen molar-refractivity contribution in [3.05, 3.63) is 70.6 Å². The third kappa shape index (κ3) is 4.82. The Morgan fingerprint density at radius 3 is 2.12 bits per heavy atom. The van der Waals surface area contributed by atoms with E-state index < -0.39 is 0 Å². The van der Waals surface area contributed by atoms with Crippen LogP contribution < -0.4 is 5.43 Å². The molecule has 0 N–H and O–H groups in total. The van der Waals surface area contributed by atoms with Crippen LogP contribution in [0.15, 0.2) is 53.9 Å². The molecule has 0 atom stereocenters. The molecule has 0 aliphatic carbocycles. The number of benzene rings is 1. The van der Waals surface area contributed by atoms with Crippen molar-refractivity contribution in [2.24, 2.45) is 0 Å². The highest BCUT2D eigenvalue weighted by Crippen LogP contribution is 2.18. The van der Waals surface area contributed by atoms with Gasteiger partial charge in [0.25, 0.3) is 0 Å². The number of pyridine rings is 1. The fourth-order valence-electron chi connectivity index (χ4n) is 2.33. The molecule has 1 aromatic carbocycles. The summed E-state index contributed by atoms with van der Waals surface area (Å²) in [4.78, 5) is 12.5. The minimum absolute atomic E-state index is 0.0129. The molecule has 0 fully saturated rings. The lowest BCUT2D eigenvalue weighted by Gasteiger charge is -2.16.